The number of nitrogens with zero attached hydrogens (tertiary/aromatic N) is 4. The zero-order valence-corrected chi connectivity index (χ0v) is 9.56. The monoisotopic (exact) mass is 216 g/mol. The van der Waals surface area contributed by atoms with Gasteiger partial charge in [0, 0.05) is 32.1 Å². The molecule has 4 nitrogen and oxygen atoms in total. The smallest absolute Gasteiger partial charge is 0.141 e. The summed E-state index contributed by atoms with van der Waals surface area (Å²) in [5, 5.41) is 9.14. The molecule has 0 N–H and O–H groups in total. The standard InChI is InChI=1S/C12H16N4/c1-15-2-4-16(5-3-15)12-10(8-13)6-9-7-11(9)14-12/h6,9,11H,2-5,7H2,1H3. The van der Waals surface area contributed by atoms with Gasteiger partial charge in [-0.1, -0.05) is 6.08 Å². The predicted molar refractivity (Wildman–Crippen MR) is 62.1 cm³/mol. The van der Waals surface area contributed by atoms with E-state index in [1.807, 2.05) is 0 Å². The first-order valence-electron chi connectivity index (χ1n) is 5.91. The second kappa shape index (κ2) is 3.60. The van der Waals surface area contributed by atoms with E-state index in [4.69, 9.17) is 10.3 Å². The summed E-state index contributed by atoms with van der Waals surface area (Å²) in [5.41, 5.74) is 0.795. The van der Waals surface area contributed by atoms with Gasteiger partial charge in [-0.05, 0) is 13.5 Å². The van der Waals surface area contributed by atoms with Crippen LogP contribution in [0.3, 0.4) is 0 Å². The van der Waals surface area contributed by atoms with Gasteiger partial charge in [-0.2, -0.15) is 5.26 Å². The molecular formula is C12H16N4. The molecule has 0 spiro atoms. The molecule has 0 aromatic carbocycles. The lowest BCUT2D eigenvalue weighted by Crippen LogP contribution is -2.48. The molecule has 0 amide bonds. The van der Waals surface area contributed by atoms with E-state index in [0.29, 0.717) is 12.0 Å². The Morgan fingerprint density at radius 3 is 2.81 bits per heavy atom. The topological polar surface area (TPSA) is 42.6 Å². The molecule has 0 radical (unpaired) electrons. The molecule has 1 aliphatic carbocycles. The van der Waals surface area contributed by atoms with Gasteiger partial charge < -0.3 is 9.80 Å². The molecule has 1 saturated heterocycles. The largest absolute Gasteiger partial charge is 0.353 e. The summed E-state index contributed by atoms with van der Waals surface area (Å²) in [6.45, 7) is 4.11. The fraction of sp³-hybridized carbons (Fsp3) is 0.667. The molecule has 3 rings (SSSR count). The maximum absolute atomic E-state index is 9.14. The van der Waals surface area contributed by atoms with Gasteiger partial charge >= 0.3 is 0 Å². The summed E-state index contributed by atoms with van der Waals surface area (Å²) < 4.78 is 0. The van der Waals surface area contributed by atoms with E-state index in [1.165, 1.54) is 0 Å². The van der Waals surface area contributed by atoms with Gasteiger partial charge in [0.2, 0.25) is 0 Å². The molecule has 2 heterocycles. The number of rotatable bonds is 0. The summed E-state index contributed by atoms with van der Waals surface area (Å²) in [5.74, 6) is 1.51. The van der Waals surface area contributed by atoms with Crippen LogP contribution >= 0.6 is 0 Å². The molecule has 0 bridgehead atoms. The van der Waals surface area contributed by atoms with Crippen LogP contribution in [0.15, 0.2) is 16.6 Å². The third-order valence-electron chi connectivity index (χ3n) is 3.64. The SMILES string of the molecule is CN1CCN(C2=NC3CC3C=C2C#N)CC1. The number of piperazine rings is 1. The number of nitriles is 1. The van der Waals surface area contributed by atoms with Crippen LogP contribution in [0.1, 0.15) is 6.42 Å². The number of aliphatic imine (C=N–C) groups is 1. The molecule has 0 aromatic heterocycles. The minimum Gasteiger partial charge on any atom is -0.353 e. The van der Waals surface area contributed by atoms with Crippen LogP contribution in [0, 0.1) is 17.2 Å². The molecule has 1 saturated carbocycles. The van der Waals surface area contributed by atoms with Gasteiger partial charge in [-0.3, -0.25) is 4.99 Å². The van der Waals surface area contributed by atoms with Crippen molar-refractivity contribution >= 4 is 5.84 Å². The van der Waals surface area contributed by atoms with Gasteiger partial charge in [0.1, 0.15) is 11.9 Å². The Morgan fingerprint density at radius 1 is 1.38 bits per heavy atom. The fourth-order valence-corrected chi connectivity index (χ4v) is 2.40. The first-order chi connectivity index (χ1) is 7.78. The Balaban J connectivity index is 1.79. The molecule has 2 unspecified atom stereocenters. The van der Waals surface area contributed by atoms with Crippen molar-refractivity contribution in [2.24, 2.45) is 10.9 Å². The van der Waals surface area contributed by atoms with E-state index in [0.717, 1.165) is 44.0 Å². The number of amidine groups is 1. The van der Waals surface area contributed by atoms with Gasteiger partial charge in [0.15, 0.2) is 0 Å². The second-order valence-corrected chi connectivity index (χ2v) is 4.90. The van der Waals surface area contributed by atoms with Gasteiger partial charge in [0.05, 0.1) is 11.6 Å². The molecule has 2 aliphatic heterocycles. The zero-order valence-electron chi connectivity index (χ0n) is 9.56. The second-order valence-electron chi connectivity index (χ2n) is 4.90. The lowest BCUT2D eigenvalue weighted by atomic mass is 10.1. The maximum atomic E-state index is 9.14. The van der Waals surface area contributed by atoms with Crippen LogP contribution in [-0.4, -0.2) is 54.9 Å². The molecule has 16 heavy (non-hydrogen) atoms. The highest BCUT2D eigenvalue weighted by atomic mass is 15.3. The molecule has 0 aromatic rings. The van der Waals surface area contributed by atoms with Crippen molar-refractivity contribution in [3.05, 3.63) is 11.6 Å². The minimum atomic E-state index is 0.478. The van der Waals surface area contributed by atoms with Crippen molar-refractivity contribution < 1.29 is 0 Å². The van der Waals surface area contributed by atoms with Gasteiger partial charge in [-0.25, -0.2) is 0 Å². The van der Waals surface area contributed by atoms with Crippen molar-refractivity contribution in [3.63, 3.8) is 0 Å². The third kappa shape index (κ3) is 1.61. The number of dihydropyridines is 1. The summed E-state index contributed by atoms with van der Waals surface area (Å²) in [6.07, 6.45) is 3.26. The molecule has 4 heteroatoms. The minimum absolute atomic E-state index is 0.478. The Morgan fingerprint density at radius 2 is 2.12 bits per heavy atom. The van der Waals surface area contributed by atoms with E-state index in [-0.39, 0.29) is 0 Å². The molecule has 2 fully saturated rings. The van der Waals surface area contributed by atoms with Crippen LogP contribution in [0.2, 0.25) is 0 Å². The van der Waals surface area contributed by atoms with Gasteiger partial charge in [0.25, 0.3) is 0 Å². The summed E-state index contributed by atoms with van der Waals surface area (Å²) >= 11 is 0. The average molecular weight is 216 g/mol. The van der Waals surface area contributed by atoms with E-state index >= 15 is 0 Å². The van der Waals surface area contributed by atoms with E-state index < -0.39 is 0 Å². The molecule has 84 valence electrons. The highest BCUT2D eigenvalue weighted by Gasteiger charge is 2.40. The van der Waals surface area contributed by atoms with Crippen LogP contribution in [0.25, 0.3) is 0 Å². The highest BCUT2D eigenvalue weighted by molar-refractivity contribution is 6.03. The molecular weight excluding hydrogens is 200 g/mol. The van der Waals surface area contributed by atoms with E-state index in [2.05, 4.69) is 29.0 Å². The average Bonchev–Trinajstić information content (AvgIpc) is 3.06. The van der Waals surface area contributed by atoms with Gasteiger partial charge in [-0.15, -0.1) is 0 Å². The molecule has 3 aliphatic rings. The normalized spacial score (nSPS) is 33.6. The third-order valence-corrected chi connectivity index (χ3v) is 3.64. The summed E-state index contributed by atoms with van der Waals surface area (Å²) in [4.78, 5) is 9.27. The number of hydrogen-bond donors (Lipinski definition) is 0. The van der Waals surface area contributed by atoms with Crippen molar-refractivity contribution in [3.8, 4) is 6.07 Å². The lowest BCUT2D eigenvalue weighted by Gasteiger charge is -2.35. The fourth-order valence-electron chi connectivity index (χ4n) is 2.40. The first kappa shape index (κ1) is 9.86. The summed E-state index contributed by atoms with van der Waals surface area (Å²) in [7, 11) is 2.14. The lowest BCUT2D eigenvalue weighted by molar-refractivity contribution is 0.215. The van der Waals surface area contributed by atoms with Crippen molar-refractivity contribution in [2.45, 2.75) is 12.5 Å². The first-order valence-corrected chi connectivity index (χ1v) is 5.91. The predicted octanol–water partition coefficient (Wildman–Crippen LogP) is 0.484. The number of fused-ring (bicyclic) bond motifs is 1. The van der Waals surface area contributed by atoms with E-state index in [9.17, 15) is 0 Å². The van der Waals surface area contributed by atoms with Crippen molar-refractivity contribution in [1.82, 2.24) is 9.80 Å². The van der Waals surface area contributed by atoms with E-state index in [1.54, 1.807) is 0 Å². The molecule has 2 atom stereocenters. The number of likely N-dealkylation sites (N-methyl/N-ethyl adjacent to an activating group) is 1. The maximum Gasteiger partial charge on any atom is 0.141 e. The van der Waals surface area contributed by atoms with Crippen LogP contribution in [-0.2, 0) is 0 Å². The number of hydrogen-bond acceptors (Lipinski definition) is 4. The van der Waals surface area contributed by atoms with Crippen molar-refractivity contribution in [1.29, 1.82) is 5.26 Å². The Labute approximate surface area is 95.9 Å². The summed E-state index contributed by atoms with van der Waals surface area (Å²) in [6, 6.07) is 2.77. The highest BCUT2D eigenvalue weighted by Crippen LogP contribution is 2.39. The Bertz CT molecular complexity index is 396. The Kier molecular flexibility index (Phi) is 2.22. The quantitative estimate of drug-likeness (QED) is 0.591. The van der Waals surface area contributed by atoms with Crippen LogP contribution in [0.4, 0.5) is 0 Å². The van der Waals surface area contributed by atoms with Crippen molar-refractivity contribution in [2.75, 3.05) is 33.2 Å². The van der Waals surface area contributed by atoms with Crippen LogP contribution < -0.4 is 0 Å². The Hall–Kier alpha value is -1.34. The zero-order chi connectivity index (χ0) is 11.1. The van der Waals surface area contributed by atoms with Crippen LogP contribution in [0.5, 0.6) is 0 Å².